The van der Waals surface area contributed by atoms with E-state index in [1.807, 2.05) is 13.8 Å². The summed E-state index contributed by atoms with van der Waals surface area (Å²) >= 11 is 0. The normalized spacial score (nSPS) is 12.0. The third kappa shape index (κ3) is 5.69. The summed E-state index contributed by atoms with van der Waals surface area (Å²) in [5.74, 6) is -1.27. The molecule has 0 aliphatic carbocycles. The van der Waals surface area contributed by atoms with Gasteiger partial charge >= 0.3 is 12.0 Å². The summed E-state index contributed by atoms with van der Waals surface area (Å²) in [6.07, 6.45) is -0.123. The number of carboxylic acids is 1. The third-order valence-electron chi connectivity index (χ3n) is 2.88. The van der Waals surface area contributed by atoms with Crippen LogP contribution in [0.3, 0.4) is 0 Å². The number of hydrogen-bond donors (Lipinski definition) is 3. The zero-order valence-electron chi connectivity index (χ0n) is 11.5. The van der Waals surface area contributed by atoms with Gasteiger partial charge in [-0.15, -0.1) is 0 Å². The summed E-state index contributed by atoms with van der Waals surface area (Å²) in [6, 6.07) is 4.92. The van der Waals surface area contributed by atoms with Crippen molar-refractivity contribution in [3.63, 3.8) is 0 Å². The van der Waals surface area contributed by atoms with E-state index in [-0.39, 0.29) is 24.7 Å². The van der Waals surface area contributed by atoms with Gasteiger partial charge in [-0.1, -0.05) is 26.0 Å². The molecule has 1 aromatic carbocycles. The van der Waals surface area contributed by atoms with E-state index in [0.717, 1.165) is 5.56 Å². The van der Waals surface area contributed by atoms with E-state index in [1.54, 1.807) is 12.1 Å². The average molecular weight is 282 g/mol. The molecular formula is C14H19FN2O3. The molecule has 110 valence electrons. The first-order valence-corrected chi connectivity index (χ1v) is 6.39. The van der Waals surface area contributed by atoms with Gasteiger partial charge in [-0.25, -0.2) is 9.18 Å². The highest BCUT2D eigenvalue weighted by molar-refractivity contribution is 5.75. The Morgan fingerprint density at radius 2 is 1.85 bits per heavy atom. The van der Waals surface area contributed by atoms with Gasteiger partial charge in [0.15, 0.2) is 0 Å². The van der Waals surface area contributed by atoms with Gasteiger partial charge < -0.3 is 15.7 Å². The van der Waals surface area contributed by atoms with E-state index in [2.05, 4.69) is 10.6 Å². The highest BCUT2D eigenvalue weighted by Gasteiger charge is 2.19. The molecule has 0 aromatic heterocycles. The minimum absolute atomic E-state index is 0.0164. The molecule has 0 saturated carbocycles. The van der Waals surface area contributed by atoms with Crippen LogP contribution < -0.4 is 10.6 Å². The fourth-order valence-corrected chi connectivity index (χ4v) is 1.65. The fraction of sp³-hybridized carbons (Fsp3) is 0.429. The van der Waals surface area contributed by atoms with Crippen LogP contribution in [0.25, 0.3) is 0 Å². The molecule has 0 fully saturated rings. The second-order valence-corrected chi connectivity index (χ2v) is 4.90. The Morgan fingerprint density at radius 1 is 1.25 bits per heavy atom. The molecule has 2 amide bonds. The zero-order chi connectivity index (χ0) is 15.1. The van der Waals surface area contributed by atoms with Crippen LogP contribution in [0.5, 0.6) is 0 Å². The van der Waals surface area contributed by atoms with Crippen LogP contribution in [-0.4, -0.2) is 23.1 Å². The van der Waals surface area contributed by atoms with E-state index >= 15 is 0 Å². The fourth-order valence-electron chi connectivity index (χ4n) is 1.65. The number of aliphatic carboxylic acids is 1. The van der Waals surface area contributed by atoms with Gasteiger partial charge in [-0.2, -0.15) is 0 Å². The molecule has 6 heteroatoms. The Hall–Kier alpha value is -2.11. The van der Waals surface area contributed by atoms with E-state index in [4.69, 9.17) is 5.11 Å². The second kappa shape index (κ2) is 7.47. The third-order valence-corrected chi connectivity index (χ3v) is 2.88. The molecule has 1 aromatic rings. The lowest BCUT2D eigenvalue weighted by atomic mass is 10.0. The molecule has 1 unspecified atom stereocenters. The molecule has 0 aliphatic rings. The highest BCUT2D eigenvalue weighted by atomic mass is 19.1. The summed E-state index contributed by atoms with van der Waals surface area (Å²) in [7, 11) is 0. The monoisotopic (exact) mass is 282 g/mol. The minimum Gasteiger partial charge on any atom is -0.481 e. The molecule has 3 N–H and O–H groups in total. The lowest BCUT2D eigenvalue weighted by Crippen LogP contribution is -2.45. The Balaban J connectivity index is 2.45. The van der Waals surface area contributed by atoms with Crippen LogP contribution in [0.1, 0.15) is 25.8 Å². The van der Waals surface area contributed by atoms with Gasteiger partial charge in [0.25, 0.3) is 0 Å². The Bertz CT molecular complexity index is 460. The van der Waals surface area contributed by atoms with Gasteiger partial charge in [-0.3, -0.25) is 4.79 Å². The largest absolute Gasteiger partial charge is 0.481 e. The van der Waals surface area contributed by atoms with E-state index in [0.29, 0.717) is 0 Å². The van der Waals surface area contributed by atoms with E-state index in [1.165, 1.54) is 12.1 Å². The predicted octanol–water partition coefficient (Wildman–Crippen LogP) is 2.12. The van der Waals surface area contributed by atoms with Crippen LogP contribution in [0.2, 0.25) is 0 Å². The average Bonchev–Trinajstić information content (AvgIpc) is 2.36. The summed E-state index contributed by atoms with van der Waals surface area (Å²) in [5, 5.41) is 14.0. The number of halogens is 1. The van der Waals surface area contributed by atoms with Gasteiger partial charge in [0.05, 0.1) is 6.42 Å². The molecular weight excluding hydrogens is 263 g/mol. The van der Waals surface area contributed by atoms with Crippen molar-refractivity contribution in [3.8, 4) is 0 Å². The van der Waals surface area contributed by atoms with Gasteiger partial charge in [0, 0.05) is 12.6 Å². The molecule has 1 atom stereocenters. The van der Waals surface area contributed by atoms with Crippen molar-refractivity contribution >= 4 is 12.0 Å². The van der Waals surface area contributed by atoms with Crippen molar-refractivity contribution in [3.05, 3.63) is 35.6 Å². The highest BCUT2D eigenvalue weighted by Crippen LogP contribution is 2.06. The Labute approximate surface area is 117 Å². The maximum atomic E-state index is 12.7. The molecule has 5 nitrogen and oxygen atoms in total. The molecule has 0 saturated heterocycles. The second-order valence-electron chi connectivity index (χ2n) is 4.90. The van der Waals surface area contributed by atoms with Crippen molar-refractivity contribution in [2.24, 2.45) is 5.92 Å². The molecule has 1 rings (SSSR count). The number of hydrogen-bond acceptors (Lipinski definition) is 2. The number of carboxylic acid groups (broad SMARTS) is 1. The molecule has 0 spiro atoms. The van der Waals surface area contributed by atoms with Crippen LogP contribution >= 0.6 is 0 Å². The topological polar surface area (TPSA) is 78.4 Å². The molecule has 0 bridgehead atoms. The summed E-state index contributed by atoms with van der Waals surface area (Å²) in [4.78, 5) is 22.4. The van der Waals surface area contributed by atoms with E-state index in [9.17, 15) is 14.0 Å². The van der Waals surface area contributed by atoms with Gasteiger partial charge in [0.1, 0.15) is 5.82 Å². The quantitative estimate of drug-likeness (QED) is 0.748. The number of urea groups is 1. The number of nitrogens with one attached hydrogen (secondary N) is 2. The predicted molar refractivity (Wildman–Crippen MR) is 72.7 cm³/mol. The zero-order valence-corrected chi connectivity index (χ0v) is 11.5. The minimum atomic E-state index is -0.956. The Kier molecular flexibility index (Phi) is 5.96. The van der Waals surface area contributed by atoms with Crippen molar-refractivity contribution in [2.75, 3.05) is 0 Å². The van der Waals surface area contributed by atoms with Crippen molar-refractivity contribution in [1.29, 1.82) is 0 Å². The molecule has 0 aliphatic heterocycles. The number of carbonyl (C=O) groups is 2. The van der Waals surface area contributed by atoms with Crippen molar-refractivity contribution in [1.82, 2.24) is 10.6 Å². The first-order valence-electron chi connectivity index (χ1n) is 6.39. The molecule has 0 radical (unpaired) electrons. The first-order chi connectivity index (χ1) is 9.38. The first kappa shape index (κ1) is 15.9. The standard InChI is InChI=1S/C14H19FN2O3/c1-9(2)12(7-13(18)19)17-14(20)16-8-10-3-5-11(15)6-4-10/h3-6,9,12H,7-8H2,1-2H3,(H,18,19)(H2,16,17,20). The van der Waals surface area contributed by atoms with Crippen LogP contribution in [0, 0.1) is 11.7 Å². The number of carbonyl (C=O) groups excluding carboxylic acids is 1. The van der Waals surface area contributed by atoms with Gasteiger partial charge in [0.2, 0.25) is 0 Å². The summed E-state index contributed by atoms with van der Waals surface area (Å²) in [5.41, 5.74) is 0.765. The molecule has 20 heavy (non-hydrogen) atoms. The smallest absolute Gasteiger partial charge is 0.315 e. The lowest BCUT2D eigenvalue weighted by Gasteiger charge is -2.20. The number of rotatable bonds is 6. The Morgan fingerprint density at radius 3 is 2.35 bits per heavy atom. The van der Waals surface area contributed by atoms with E-state index < -0.39 is 18.0 Å². The number of amides is 2. The maximum absolute atomic E-state index is 12.7. The number of benzene rings is 1. The summed E-state index contributed by atoms with van der Waals surface area (Å²) < 4.78 is 12.7. The van der Waals surface area contributed by atoms with Crippen LogP contribution in [0.4, 0.5) is 9.18 Å². The van der Waals surface area contributed by atoms with Crippen molar-refractivity contribution < 1.29 is 19.1 Å². The van der Waals surface area contributed by atoms with Gasteiger partial charge in [-0.05, 0) is 23.6 Å². The molecule has 0 heterocycles. The SMILES string of the molecule is CC(C)C(CC(=O)O)NC(=O)NCc1ccc(F)cc1. The summed E-state index contributed by atoms with van der Waals surface area (Å²) in [6.45, 7) is 3.94. The van der Waals surface area contributed by atoms with Crippen molar-refractivity contribution in [2.45, 2.75) is 32.9 Å². The van der Waals surface area contributed by atoms with Crippen LogP contribution in [-0.2, 0) is 11.3 Å². The maximum Gasteiger partial charge on any atom is 0.315 e. The van der Waals surface area contributed by atoms with Crippen LogP contribution in [0.15, 0.2) is 24.3 Å². The lowest BCUT2D eigenvalue weighted by molar-refractivity contribution is -0.137.